The smallest absolute Gasteiger partial charge is 0.130 e. The van der Waals surface area contributed by atoms with Crippen LogP contribution in [-0.2, 0) is 15.7 Å². The minimum Gasteiger partial charge on any atom is -0.492 e. The van der Waals surface area contributed by atoms with Gasteiger partial charge in [-0.25, -0.2) is 4.21 Å². The number of fused-ring (bicyclic) bond motifs is 2. The van der Waals surface area contributed by atoms with Gasteiger partial charge in [0.05, 0.1) is 6.61 Å². The summed E-state index contributed by atoms with van der Waals surface area (Å²) in [6, 6.07) is 0. The normalized spacial score (nSPS) is 33.9. The lowest BCUT2D eigenvalue weighted by molar-refractivity contribution is -0.00267. The van der Waals surface area contributed by atoms with Gasteiger partial charge in [-0.1, -0.05) is 33.1 Å². The van der Waals surface area contributed by atoms with Gasteiger partial charge in [-0.15, -0.1) is 0 Å². The summed E-state index contributed by atoms with van der Waals surface area (Å²) in [4.78, 5) is 1.89. The fourth-order valence-electron chi connectivity index (χ4n) is 6.40. The molecule has 1 heterocycles. The maximum atomic E-state index is 11.6. The van der Waals surface area contributed by atoms with Crippen molar-refractivity contribution in [2.45, 2.75) is 65.2 Å². The summed E-state index contributed by atoms with van der Waals surface area (Å²) in [6.07, 6.45) is 18.1. The second-order valence-corrected chi connectivity index (χ2v) is 11.7. The van der Waals surface area contributed by atoms with Crippen LogP contribution in [0.2, 0.25) is 0 Å². The molecule has 2 fully saturated rings. The fraction of sp³-hybridized carbons (Fsp3) is 0.615. The van der Waals surface area contributed by atoms with Crippen LogP contribution in [0.15, 0.2) is 59.9 Å². The topological polar surface area (TPSA) is 41.6 Å². The third-order valence-corrected chi connectivity index (χ3v) is 7.87. The molecule has 5 heteroatoms. The van der Waals surface area contributed by atoms with Crippen molar-refractivity contribution in [1.29, 1.82) is 0 Å². The lowest BCUT2D eigenvalue weighted by atomic mass is 9.60. The van der Waals surface area contributed by atoms with Gasteiger partial charge in [-0.3, -0.25) is 4.72 Å². The molecule has 0 amide bonds. The van der Waals surface area contributed by atoms with E-state index in [0.29, 0.717) is 5.82 Å². The van der Waals surface area contributed by atoms with E-state index in [1.165, 1.54) is 44.1 Å². The van der Waals surface area contributed by atoms with Crippen molar-refractivity contribution in [2.24, 2.45) is 23.2 Å². The quantitative estimate of drug-likeness (QED) is 0.532. The molecular weight excluding hydrogens is 404 g/mol. The van der Waals surface area contributed by atoms with Crippen LogP contribution in [0.25, 0.3) is 0 Å². The molecule has 2 saturated carbocycles. The highest BCUT2D eigenvalue weighted by Gasteiger charge is 2.41. The highest BCUT2D eigenvalue weighted by Crippen LogP contribution is 2.50. The van der Waals surface area contributed by atoms with Crippen molar-refractivity contribution in [3.05, 3.63) is 59.9 Å². The molecule has 0 spiro atoms. The second kappa shape index (κ2) is 9.01. The standard InChI is InChI=1S/C26H38N2O2S/c1-18-10-21-13-22(11-18)15-26(4,14-21)17-30-25-12-19(2)28(20(3)27-31(5)29)16-24(25)23-8-6-7-9-23/h8,12,16,18,21-22,27H,2-3,6-7,9-11,13-15,17H2,1,4-5H3. The number of nitrogens with one attached hydrogen (secondary N) is 1. The molecule has 4 nitrogen and oxygen atoms in total. The number of rotatable bonds is 7. The fourth-order valence-corrected chi connectivity index (χ4v) is 6.83. The largest absolute Gasteiger partial charge is 0.492 e. The van der Waals surface area contributed by atoms with Crippen molar-refractivity contribution in [3.63, 3.8) is 0 Å². The summed E-state index contributed by atoms with van der Waals surface area (Å²) < 4.78 is 21.1. The van der Waals surface area contributed by atoms with Gasteiger partial charge in [0.25, 0.3) is 0 Å². The highest BCUT2D eigenvalue weighted by atomic mass is 32.2. The molecule has 4 rings (SSSR count). The van der Waals surface area contributed by atoms with Crippen LogP contribution < -0.4 is 4.72 Å². The van der Waals surface area contributed by atoms with Crippen molar-refractivity contribution in [2.75, 3.05) is 12.9 Å². The van der Waals surface area contributed by atoms with E-state index >= 15 is 0 Å². The van der Waals surface area contributed by atoms with Crippen molar-refractivity contribution < 1.29 is 8.95 Å². The van der Waals surface area contributed by atoms with Crippen LogP contribution in [0, 0.1) is 23.2 Å². The van der Waals surface area contributed by atoms with Crippen LogP contribution >= 0.6 is 0 Å². The lowest BCUT2D eigenvalue weighted by Gasteiger charge is -2.47. The molecule has 0 aromatic carbocycles. The first-order valence-electron chi connectivity index (χ1n) is 11.8. The Morgan fingerprint density at radius 3 is 2.65 bits per heavy atom. The Bertz CT molecular complexity index is 851. The molecule has 170 valence electrons. The summed E-state index contributed by atoms with van der Waals surface area (Å²) in [5.41, 5.74) is 3.46. The summed E-state index contributed by atoms with van der Waals surface area (Å²) in [7, 11) is -1.18. The molecule has 1 N–H and O–H groups in total. The van der Waals surface area contributed by atoms with Gasteiger partial charge in [0.1, 0.15) is 22.6 Å². The van der Waals surface area contributed by atoms with Crippen LogP contribution in [-0.4, -0.2) is 22.0 Å². The SMILES string of the molecule is C=C1C=C(OCC2(C)CC3CC(C)CC(C3)C2)C(C2=CCCC2)=CN1C(=C)NS(C)=O. The summed E-state index contributed by atoms with van der Waals surface area (Å²) in [5, 5.41) is 0. The third-order valence-electron chi connectivity index (χ3n) is 7.35. The average molecular weight is 443 g/mol. The van der Waals surface area contributed by atoms with Gasteiger partial charge in [0.2, 0.25) is 0 Å². The third kappa shape index (κ3) is 5.19. The molecule has 0 saturated heterocycles. The van der Waals surface area contributed by atoms with Gasteiger partial charge in [-0.2, -0.15) is 0 Å². The van der Waals surface area contributed by atoms with Gasteiger partial charge < -0.3 is 9.64 Å². The maximum Gasteiger partial charge on any atom is 0.130 e. The molecular formula is C26H38N2O2S. The number of ether oxygens (including phenoxy) is 1. The zero-order valence-corrected chi connectivity index (χ0v) is 20.2. The lowest BCUT2D eigenvalue weighted by Crippen LogP contribution is -2.39. The minimum absolute atomic E-state index is 0.243. The van der Waals surface area contributed by atoms with E-state index < -0.39 is 11.0 Å². The zero-order chi connectivity index (χ0) is 22.2. The molecule has 4 aliphatic rings. The van der Waals surface area contributed by atoms with E-state index in [0.717, 1.165) is 54.2 Å². The zero-order valence-electron chi connectivity index (χ0n) is 19.4. The number of hydrogen-bond acceptors (Lipinski definition) is 3. The average Bonchev–Trinajstić information content (AvgIpc) is 3.19. The highest BCUT2D eigenvalue weighted by molar-refractivity contribution is 7.82. The molecule has 0 radical (unpaired) electrons. The Kier molecular flexibility index (Phi) is 6.52. The van der Waals surface area contributed by atoms with Gasteiger partial charge in [-0.05, 0) is 74.7 Å². The van der Waals surface area contributed by atoms with Crippen molar-refractivity contribution >= 4 is 11.0 Å². The maximum absolute atomic E-state index is 11.6. The van der Waals surface area contributed by atoms with Crippen molar-refractivity contribution in [1.82, 2.24) is 9.62 Å². The molecule has 31 heavy (non-hydrogen) atoms. The number of nitrogens with zero attached hydrogens (tertiary/aromatic N) is 1. The Morgan fingerprint density at radius 1 is 1.32 bits per heavy atom. The van der Waals surface area contributed by atoms with Crippen LogP contribution in [0.4, 0.5) is 0 Å². The Labute approximate surface area is 190 Å². The first kappa shape index (κ1) is 22.4. The van der Waals surface area contributed by atoms with E-state index in [9.17, 15) is 4.21 Å². The molecule has 3 unspecified atom stereocenters. The molecule has 3 atom stereocenters. The molecule has 1 aliphatic heterocycles. The Balaban J connectivity index is 1.50. The van der Waals surface area contributed by atoms with E-state index in [-0.39, 0.29) is 5.41 Å². The van der Waals surface area contributed by atoms with Crippen molar-refractivity contribution in [3.8, 4) is 0 Å². The summed E-state index contributed by atoms with van der Waals surface area (Å²) in [5.74, 6) is 4.09. The summed E-state index contributed by atoms with van der Waals surface area (Å²) in [6.45, 7) is 13.9. The monoisotopic (exact) mass is 442 g/mol. The molecule has 0 aromatic heterocycles. The Morgan fingerprint density at radius 2 is 2.03 bits per heavy atom. The first-order valence-corrected chi connectivity index (χ1v) is 13.3. The van der Waals surface area contributed by atoms with E-state index in [1.807, 2.05) is 11.0 Å². The molecule has 3 aliphatic carbocycles. The second-order valence-electron chi connectivity index (χ2n) is 10.6. The van der Waals surface area contributed by atoms with Crippen LogP contribution in [0.1, 0.15) is 65.2 Å². The van der Waals surface area contributed by atoms with E-state index in [4.69, 9.17) is 4.74 Å². The van der Waals surface area contributed by atoms with E-state index in [1.54, 1.807) is 6.26 Å². The number of hydrogen-bond donors (Lipinski definition) is 1. The molecule has 0 aromatic rings. The first-order chi connectivity index (χ1) is 14.7. The molecule has 2 bridgehead atoms. The van der Waals surface area contributed by atoms with Gasteiger partial charge in [0, 0.05) is 35.2 Å². The number of allylic oxidation sites excluding steroid dienone is 3. The predicted molar refractivity (Wildman–Crippen MR) is 129 cm³/mol. The van der Waals surface area contributed by atoms with Gasteiger partial charge in [0.15, 0.2) is 0 Å². The van der Waals surface area contributed by atoms with Gasteiger partial charge >= 0.3 is 0 Å². The van der Waals surface area contributed by atoms with Crippen LogP contribution in [0.3, 0.4) is 0 Å². The van der Waals surface area contributed by atoms with Crippen LogP contribution in [0.5, 0.6) is 0 Å². The summed E-state index contributed by atoms with van der Waals surface area (Å²) >= 11 is 0. The predicted octanol–water partition coefficient (Wildman–Crippen LogP) is 5.92. The minimum atomic E-state index is -1.18. The van der Waals surface area contributed by atoms with E-state index in [2.05, 4.69) is 44.0 Å². The Hall–Kier alpha value is -1.75.